The van der Waals surface area contributed by atoms with Gasteiger partial charge in [0.05, 0.1) is 6.61 Å². The van der Waals surface area contributed by atoms with Crippen LogP contribution in [0.2, 0.25) is 0 Å². The summed E-state index contributed by atoms with van der Waals surface area (Å²) < 4.78 is 23.0. The Bertz CT molecular complexity index is 786. The van der Waals surface area contributed by atoms with Gasteiger partial charge in [-0.1, -0.05) is 48.5 Å². The summed E-state index contributed by atoms with van der Waals surface area (Å²) in [6.45, 7) is 0.250. The Balaban J connectivity index is 1.50. The van der Waals surface area contributed by atoms with Crippen molar-refractivity contribution in [3.05, 3.63) is 71.8 Å². The summed E-state index contributed by atoms with van der Waals surface area (Å²) in [7, 11) is 1.47. The van der Waals surface area contributed by atoms with Gasteiger partial charge in [-0.2, -0.15) is 0 Å². The Morgan fingerprint density at radius 3 is 2.43 bits per heavy atom. The molecule has 148 valence electrons. The minimum Gasteiger partial charge on any atom is -0.388 e. The van der Waals surface area contributed by atoms with Crippen LogP contribution < -0.4 is 5.32 Å². The van der Waals surface area contributed by atoms with Crippen molar-refractivity contribution >= 4 is 5.91 Å². The van der Waals surface area contributed by atoms with Crippen LogP contribution in [-0.2, 0) is 18.9 Å². The zero-order valence-electron chi connectivity index (χ0n) is 15.4. The number of nitrogens with one attached hydrogen (secondary N) is 1. The number of hydrogen-bond acceptors (Lipinski definition) is 6. The molecule has 0 aliphatic carbocycles. The highest BCUT2D eigenvalue weighted by Crippen LogP contribution is 2.34. The third kappa shape index (κ3) is 3.80. The SMILES string of the molecule is CO[C@H]1O[C@@H]2COC(c3ccccc3)O[C@H]2[C@@H](O)[C@H]1NC(=O)c1ccccc1. The summed E-state index contributed by atoms with van der Waals surface area (Å²) in [5.74, 6) is -0.319. The molecule has 0 bridgehead atoms. The standard InChI is InChI=1S/C21H23NO6/c1-25-21-16(22-19(24)13-8-4-2-5-9-13)17(23)18-15(27-21)12-26-20(28-18)14-10-6-3-7-11-14/h2-11,15-18,20-21,23H,12H2,1H3,(H,22,24)/t15-,16-,17+,18-,20?,21+/m1/s1. The van der Waals surface area contributed by atoms with Crippen LogP contribution in [0.4, 0.5) is 0 Å². The molecule has 2 aliphatic rings. The zero-order valence-corrected chi connectivity index (χ0v) is 15.4. The predicted molar refractivity (Wildman–Crippen MR) is 99.4 cm³/mol. The summed E-state index contributed by atoms with van der Waals surface area (Å²) in [5, 5.41) is 13.8. The number of carbonyl (C=O) groups is 1. The average Bonchev–Trinajstić information content (AvgIpc) is 2.76. The fourth-order valence-electron chi connectivity index (χ4n) is 3.55. The smallest absolute Gasteiger partial charge is 0.251 e. The van der Waals surface area contributed by atoms with Gasteiger partial charge in [0.25, 0.3) is 5.91 Å². The molecule has 2 aliphatic heterocycles. The zero-order chi connectivity index (χ0) is 19.5. The minimum absolute atomic E-state index is 0.250. The van der Waals surface area contributed by atoms with Crippen LogP contribution in [0, 0.1) is 0 Å². The molecule has 7 heteroatoms. The molecule has 0 saturated carbocycles. The molecule has 2 aromatic rings. The monoisotopic (exact) mass is 385 g/mol. The second-order valence-corrected chi connectivity index (χ2v) is 6.81. The van der Waals surface area contributed by atoms with Crippen molar-refractivity contribution in [3.63, 3.8) is 0 Å². The predicted octanol–water partition coefficient (Wildman–Crippen LogP) is 1.63. The summed E-state index contributed by atoms with van der Waals surface area (Å²) >= 11 is 0. The van der Waals surface area contributed by atoms with Crippen LogP contribution in [0.1, 0.15) is 22.2 Å². The van der Waals surface area contributed by atoms with Crippen LogP contribution in [0.15, 0.2) is 60.7 Å². The van der Waals surface area contributed by atoms with E-state index in [2.05, 4.69) is 5.32 Å². The average molecular weight is 385 g/mol. The molecule has 6 atom stereocenters. The van der Waals surface area contributed by atoms with E-state index in [1.807, 2.05) is 36.4 Å². The minimum atomic E-state index is -1.02. The van der Waals surface area contributed by atoms with E-state index in [0.717, 1.165) is 5.56 Å². The van der Waals surface area contributed by atoms with Crippen molar-refractivity contribution in [2.45, 2.75) is 36.9 Å². The lowest BCUT2D eigenvalue weighted by molar-refractivity contribution is -0.340. The van der Waals surface area contributed by atoms with Crippen molar-refractivity contribution in [2.75, 3.05) is 13.7 Å². The quantitative estimate of drug-likeness (QED) is 0.832. The Kier molecular flexibility index (Phi) is 5.70. The third-order valence-corrected chi connectivity index (χ3v) is 5.00. The van der Waals surface area contributed by atoms with E-state index < -0.39 is 36.9 Å². The van der Waals surface area contributed by atoms with E-state index >= 15 is 0 Å². The summed E-state index contributed by atoms with van der Waals surface area (Å²) in [6, 6.07) is 17.5. The molecule has 2 N–H and O–H groups in total. The lowest BCUT2D eigenvalue weighted by Crippen LogP contribution is -2.66. The number of fused-ring (bicyclic) bond motifs is 1. The highest BCUT2D eigenvalue weighted by Gasteiger charge is 2.50. The first-order valence-electron chi connectivity index (χ1n) is 9.21. The number of methoxy groups -OCH3 is 1. The molecular weight excluding hydrogens is 362 g/mol. The number of hydrogen-bond donors (Lipinski definition) is 2. The van der Waals surface area contributed by atoms with Crippen molar-refractivity contribution in [1.82, 2.24) is 5.32 Å². The Hall–Kier alpha value is -2.29. The van der Waals surface area contributed by atoms with Crippen LogP contribution in [-0.4, -0.2) is 55.4 Å². The number of benzene rings is 2. The normalized spacial score (nSPS) is 32.4. The van der Waals surface area contributed by atoms with Gasteiger partial charge in [-0.25, -0.2) is 0 Å². The molecule has 28 heavy (non-hydrogen) atoms. The first-order valence-corrected chi connectivity index (χ1v) is 9.21. The number of aliphatic hydroxyl groups is 1. The van der Waals surface area contributed by atoms with Crippen molar-refractivity contribution in [3.8, 4) is 0 Å². The van der Waals surface area contributed by atoms with Gasteiger partial charge in [0.1, 0.15) is 24.4 Å². The molecule has 4 rings (SSSR count). The molecule has 0 spiro atoms. The first kappa shape index (κ1) is 19.0. The molecule has 0 aromatic heterocycles. The van der Waals surface area contributed by atoms with E-state index in [0.29, 0.717) is 5.56 Å². The van der Waals surface area contributed by atoms with Crippen LogP contribution >= 0.6 is 0 Å². The van der Waals surface area contributed by atoms with E-state index in [1.54, 1.807) is 24.3 Å². The maximum absolute atomic E-state index is 12.6. The molecule has 7 nitrogen and oxygen atoms in total. The van der Waals surface area contributed by atoms with Crippen LogP contribution in [0.25, 0.3) is 0 Å². The van der Waals surface area contributed by atoms with E-state index in [9.17, 15) is 9.90 Å². The maximum atomic E-state index is 12.6. The first-order chi connectivity index (χ1) is 13.7. The molecule has 2 aromatic carbocycles. The third-order valence-electron chi connectivity index (χ3n) is 5.00. The van der Waals surface area contributed by atoms with Crippen LogP contribution in [0.3, 0.4) is 0 Å². The number of carbonyl (C=O) groups excluding carboxylic acids is 1. The molecule has 1 amide bonds. The molecule has 0 radical (unpaired) electrons. The second kappa shape index (κ2) is 8.38. The van der Waals surface area contributed by atoms with E-state index in [4.69, 9.17) is 18.9 Å². The molecular formula is C21H23NO6. The highest BCUT2D eigenvalue weighted by atomic mass is 16.7. The molecule has 2 fully saturated rings. The molecule has 2 heterocycles. The number of amides is 1. The van der Waals surface area contributed by atoms with Gasteiger partial charge in [-0.3, -0.25) is 4.79 Å². The lowest BCUT2D eigenvalue weighted by atomic mass is 9.95. The number of rotatable bonds is 4. The number of ether oxygens (including phenoxy) is 4. The fourth-order valence-corrected chi connectivity index (χ4v) is 3.55. The Morgan fingerprint density at radius 2 is 1.75 bits per heavy atom. The molecule has 1 unspecified atom stereocenters. The van der Waals surface area contributed by atoms with E-state index in [1.165, 1.54) is 7.11 Å². The van der Waals surface area contributed by atoms with Crippen molar-refractivity contribution in [2.24, 2.45) is 0 Å². The Labute approximate surface area is 163 Å². The largest absolute Gasteiger partial charge is 0.388 e. The van der Waals surface area contributed by atoms with Gasteiger partial charge in [0, 0.05) is 18.2 Å². The van der Waals surface area contributed by atoms with Gasteiger partial charge < -0.3 is 29.4 Å². The van der Waals surface area contributed by atoms with Crippen molar-refractivity contribution < 1.29 is 28.8 Å². The summed E-state index contributed by atoms with van der Waals surface area (Å²) in [6.07, 6.45) is -3.60. The van der Waals surface area contributed by atoms with Gasteiger partial charge in [-0.05, 0) is 12.1 Å². The maximum Gasteiger partial charge on any atom is 0.251 e. The van der Waals surface area contributed by atoms with Gasteiger partial charge in [-0.15, -0.1) is 0 Å². The molecule has 2 saturated heterocycles. The van der Waals surface area contributed by atoms with Crippen LogP contribution in [0.5, 0.6) is 0 Å². The summed E-state index contributed by atoms with van der Waals surface area (Å²) in [5.41, 5.74) is 1.34. The second-order valence-electron chi connectivity index (χ2n) is 6.81. The topological polar surface area (TPSA) is 86.2 Å². The summed E-state index contributed by atoms with van der Waals surface area (Å²) in [4.78, 5) is 12.6. The lowest BCUT2D eigenvalue weighted by Gasteiger charge is -2.47. The highest BCUT2D eigenvalue weighted by molar-refractivity contribution is 5.94. The number of aliphatic hydroxyl groups excluding tert-OH is 1. The van der Waals surface area contributed by atoms with Crippen molar-refractivity contribution in [1.29, 1.82) is 0 Å². The van der Waals surface area contributed by atoms with Gasteiger partial charge in [0.15, 0.2) is 12.6 Å². The van der Waals surface area contributed by atoms with E-state index in [-0.39, 0.29) is 12.5 Å². The van der Waals surface area contributed by atoms with Gasteiger partial charge in [0.2, 0.25) is 0 Å². The van der Waals surface area contributed by atoms with Gasteiger partial charge >= 0.3 is 0 Å². The fraction of sp³-hybridized carbons (Fsp3) is 0.381. The Morgan fingerprint density at radius 1 is 1.07 bits per heavy atom.